The van der Waals surface area contributed by atoms with Crippen LogP contribution in [-0.4, -0.2) is 24.3 Å². The first-order valence-corrected chi connectivity index (χ1v) is 4.72. The molecule has 1 heterocycles. The second kappa shape index (κ2) is 5.29. The molecule has 15 heavy (non-hydrogen) atoms. The third-order valence-corrected chi connectivity index (χ3v) is 1.89. The fraction of sp³-hybridized carbons (Fsp3) is 0.500. The number of hydrogen-bond acceptors (Lipinski definition) is 4. The third-order valence-electron chi connectivity index (χ3n) is 1.89. The molecule has 0 unspecified atom stereocenters. The van der Waals surface area contributed by atoms with Crippen molar-refractivity contribution in [3.63, 3.8) is 0 Å². The largest absolute Gasteiger partial charge is 0.461 e. The lowest BCUT2D eigenvalue weighted by Crippen LogP contribution is -2.13. The van der Waals surface area contributed by atoms with Crippen molar-refractivity contribution in [1.29, 1.82) is 0 Å². The van der Waals surface area contributed by atoms with Gasteiger partial charge in [-0.05, 0) is 19.4 Å². The molecule has 1 N–H and O–H groups in total. The quantitative estimate of drug-likeness (QED) is 0.536. The maximum absolute atomic E-state index is 10.9. The van der Waals surface area contributed by atoms with E-state index in [1.807, 2.05) is 0 Å². The zero-order chi connectivity index (χ0) is 11.3. The van der Waals surface area contributed by atoms with Crippen LogP contribution in [0, 0.1) is 0 Å². The van der Waals surface area contributed by atoms with E-state index in [9.17, 15) is 14.4 Å². The summed E-state index contributed by atoms with van der Waals surface area (Å²) in [5.41, 5.74) is 0.774. The van der Waals surface area contributed by atoms with E-state index in [1.54, 1.807) is 6.08 Å². The molecule has 0 aromatic carbocycles. The average molecular weight is 211 g/mol. The summed E-state index contributed by atoms with van der Waals surface area (Å²) in [6, 6.07) is 0. The van der Waals surface area contributed by atoms with Crippen LogP contribution in [-0.2, 0) is 19.1 Å². The van der Waals surface area contributed by atoms with Crippen LogP contribution in [0.2, 0.25) is 0 Å². The van der Waals surface area contributed by atoms with E-state index in [-0.39, 0.29) is 24.7 Å². The minimum absolute atomic E-state index is 0.0173. The predicted octanol–water partition coefficient (Wildman–Crippen LogP) is 0.303. The van der Waals surface area contributed by atoms with Crippen molar-refractivity contribution in [3.05, 3.63) is 11.8 Å². The highest BCUT2D eigenvalue weighted by Gasteiger charge is 2.13. The molecule has 5 heteroatoms. The lowest BCUT2D eigenvalue weighted by molar-refractivity contribution is -0.144. The number of allylic oxidation sites excluding steroid dienone is 1. The van der Waals surface area contributed by atoms with Crippen molar-refractivity contribution in [3.8, 4) is 0 Å². The van der Waals surface area contributed by atoms with Crippen LogP contribution in [0.5, 0.6) is 0 Å². The van der Waals surface area contributed by atoms with Gasteiger partial charge < -0.3 is 10.1 Å². The number of ether oxygens (including phenoxy) is 1. The van der Waals surface area contributed by atoms with Gasteiger partial charge in [-0.25, -0.2) is 0 Å². The van der Waals surface area contributed by atoms with Crippen LogP contribution in [0.1, 0.15) is 26.2 Å². The molecule has 1 rings (SSSR count). The molecule has 0 spiro atoms. The van der Waals surface area contributed by atoms with Crippen LogP contribution in [0.4, 0.5) is 0 Å². The third kappa shape index (κ3) is 4.39. The van der Waals surface area contributed by atoms with Gasteiger partial charge in [0, 0.05) is 12.1 Å². The molecule has 0 aliphatic carbocycles. The van der Waals surface area contributed by atoms with E-state index in [0.717, 1.165) is 5.70 Å². The van der Waals surface area contributed by atoms with Crippen LogP contribution in [0.15, 0.2) is 11.8 Å². The summed E-state index contributed by atoms with van der Waals surface area (Å²) in [7, 11) is 0. The first-order chi connectivity index (χ1) is 7.08. The highest BCUT2D eigenvalue weighted by molar-refractivity contribution is 5.94. The minimum Gasteiger partial charge on any atom is -0.461 e. The van der Waals surface area contributed by atoms with Gasteiger partial charge in [0.25, 0.3) is 0 Å². The Hall–Kier alpha value is -1.65. The minimum atomic E-state index is -0.538. The number of Topliss-reactive ketones (excluding diaryl/α,β-unsaturated/α-hetero) is 1. The van der Waals surface area contributed by atoms with Gasteiger partial charge in [0.15, 0.2) is 0 Å². The number of ketones is 1. The first kappa shape index (κ1) is 11.4. The molecule has 0 radical (unpaired) electrons. The summed E-state index contributed by atoms with van der Waals surface area (Å²) in [4.78, 5) is 32.3. The molecular formula is C10H13NO4. The molecule has 0 bridgehead atoms. The SMILES string of the molecule is CC(=O)CC(=O)OC/C=C1\CCC(=O)N1. The Labute approximate surface area is 87.5 Å². The number of carbonyl (C=O) groups excluding carboxylic acids is 3. The molecule has 1 fully saturated rings. The molecule has 0 aromatic rings. The van der Waals surface area contributed by atoms with Gasteiger partial charge >= 0.3 is 5.97 Å². The number of hydrogen-bond donors (Lipinski definition) is 1. The highest BCUT2D eigenvalue weighted by Crippen LogP contribution is 2.09. The van der Waals surface area contributed by atoms with Crippen molar-refractivity contribution in [2.45, 2.75) is 26.2 Å². The Balaban J connectivity index is 2.23. The molecule has 0 aromatic heterocycles. The summed E-state index contributed by atoms with van der Waals surface area (Å²) in [6.07, 6.45) is 2.58. The Morgan fingerprint density at radius 1 is 1.47 bits per heavy atom. The summed E-state index contributed by atoms with van der Waals surface area (Å²) in [5, 5.41) is 2.63. The van der Waals surface area contributed by atoms with Crippen molar-refractivity contribution in [2.24, 2.45) is 0 Å². The monoisotopic (exact) mass is 211 g/mol. The molecule has 0 atom stereocenters. The number of amides is 1. The lowest BCUT2D eigenvalue weighted by Gasteiger charge is -2.00. The van der Waals surface area contributed by atoms with E-state index >= 15 is 0 Å². The first-order valence-electron chi connectivity index (χ1n) is 4.72. The summed E-state index contributed by atoms with van der Waals surface area (Å²) in [5.74, 6) is -0.776. The Kier molecular flexibility index (Phi) is 4.03. The van der Waals surface area contributed by atoms with Crippen LogP contribution >= 0.6 is 0 Å². The number of rotatable bonds is 4. The van der Waals surface area contributed by atoms with Crippen molar-refractivity contribution in [2.75, 3.05) is 6.61 Å². The predicted molar refractivity (Wildman–Crippen MR) is 51.7 cm³/mol. The second-order valence-corrected chi connectivity index (χ2v) is 3.34. The summed E-state index contributed by atoms with van der Waals surface area (Å²) >= 11 is 0. The standard InChI is InChI=1S/C10H13NO4/c1-7(12)6-10(14)15-5-4-8-2-3-9(13)11-8/h4H,2-3,5-6H2,1H3,(H,11,13)/b8-4+. The Bertz CT molecular complexity index is 319. The van der Waals surface area contributed by atoms with E-state index < -0.39 is 5.97 Å². The molecule has 1 saturated heterocycles. The smallest absolute Gasteiger partial charge is 0.313 e. The van der Waals surface area contributed by atoms with Crippen molar-refractivity contribution >= 4 is 17.7 Å². The maximum atomic E-state index is 10.9. The second-order valence-electron chi connectivity index (χ2n) is 3.34. The van der Waals surface area contributed by atoms with Crippen LogP contribution in [0.25, 0.3) is 0 Å². The fourth-order valence-electron chi connectivity index (χ4n) is 1.19. The maximum Gasteiger partial charge on any atom is 0.313 e. The summed E-state index contributed by atoms with van der Waals surface area (Å²) < 4.78 is 4.76. The number of esters is 1. The average Bonchev–Trinajstić information content (AvgIpc) is 2.50. The van der Waals surface area contributed by atoms with E-state index in [1.165, 1.54) is 6.92 Å². The lowest BCUT2D eigenvalue weighted by atomic mass is 10.3. The molecule has 1 aliphatic rings. The topological polar surface area (TPSA) is 72.5 Å². The normalized spacial score (nSPS) is 17.7. The number of carbonyl (C=O) groups is 3. The van der Waals surface area contributed by atoms with Crippen molar-refractivity contribution < 1.29 is 19.1 Å². The summed E-state index contributed by atoms with van der Waals surface area (Å²) in [6.45, 7) is 1.43. The number of nitrogens with one attached hydrogen (secondary N) is 1. The van der Waals surface area contributed by atoms with Crippen LogP contribution < -0.4 is 5.32 Å². The van der Waals surface area contributed by atoms with Gasteiger partial charge in [0.05, 0.1) is 0 Å². The van der Waals surface area contributed by atoms with Gasteiger partial charge in [-0.3, -0.25) is 14.4 Å². The van der Waals surface area contributed by atoms with Gasteiger partial charge in [-0.15, -0.1) is 0 Å². The molecule has 5 nitrogen and oxygen atoms in total. The van der Waals surface area contributed by atoms with Crippen LogP contribution in [0.3, 0.4) is 0 Å². The highest BCUT2D eigenvalue weighted by atomic mass is 16.5. The molecule has 82 valence electrons. The van der Waals surface area contributed by atoms with E-state index in [4.69, 9.17) is 4.74 Å². The van der Waals surface area contributed by atoms with Gasteiger partial charge in [0.2, 0.25) is 5.91 Å². The Morgan fingerprint density at radius 3 is 2.73 bits per heavy atom. The fourth-order valence-corrected chi connectivity index (χ4v) is 1.19. The van der Waals surface area contributed by atoms with Gasteiger partial charge in [0.1, 0.15) is 18.8 Å². The molecular weight excluding hydrogens is 198 g/mol. The van der Waals surface area contributed by atoms with E-state index in [2.05, 4.69) is 5.32 Å². The van der Waals surface area contributed by atoms with Crippen molar-refractivity contribution in [1.82, 2.24) is 5.32 Å². The van der Waals surface area contributed by atoms with Gasteiger partial charge in [-0.1, -0.05) is 0 Å². The molecule has 1 amide bonds. The Morgan fingerprint density at radius 2 is 2.20 bits per heavy atom. The van der Waals surface area contributed by atoms with Gasteiger partial charge in [-0.2, -0.15) is 0 Å². The van der Waals surface area contributed by atoms with E-state index in [0.29, 0.717) is 12.8 Å². The molecule has 0 saturated carbocycles. The zero-order valence-electron chi connectivity index (χ0n) is 8.54. The molecule has 1 aliphatic heterocycles. The zero-order valence-corrected chi connectivity index (χ0v) is 8.54.